The predicted molar refractivity (Wildman–Crippen MR) is 94.1 cm³/mol. The highest BCUT2D eigenvalue weighted by atomic mass is 16.5. The summed E-state index contributed by atoms with van der Waals surface area (Å²) < 4.78 is 11.1. The van der Waals surface area contributed by atoms with Crippen LogP contribution in [0.5, 0.6) is 5.75 Å². The lowest BCUT2D eigenvalue weighted by molar-refractivity contribution is 0.413. The molecule has 5 heteroatoms. The van der Waals surface area contributed by atoms with Gasteiger partial charge in [-0.3, -0.25) is 0 Å². The van der Waals surface area contributed by atoms with Crippen molar-refractivity contribution in [1.29, 1.82) is 0 Å². The molecule has 0 radical (unpaired) electrons. The van der Waals surface area contributed by atoms with Crippen molar-refractivity contribution in [2.45, 2.75) is 26.3 Å². The lowest BCUT2D eigenvalue weighted by Gasteiger charge is -2.07. The van der Waals surface area contributed by atoms with Gasteiger partial charge in [0.1, 0.15) is 5.75 Å². The first-order valence-electron chi connectivity index (χ1n) is 7.97. The maximum atomic E-state index is 5.73. The van der Waals surface area contributed by atoms with Crippen molar-refractivity contribution in [2.75, 3.05) is 12.4 Å². The minimum Gasteiger partial charge on any atom is -0.496 e. The third-order valence-electron chi connectivity index (χ3n) is 3.83. The second-order valence-electron chi connectivity index (χ2n) is 5.83. The molecule has 0 bridgehead atoms. The normalized spacial score (nSPS) is 10.8. The van der Waals surface area contributed by atoms with Gasteiger partial charge in [-0.25, -0.2) is 0 Å². The van der Waals surface area contributed by atoms with E-state index >= 15 is 0 Å². The Hall–Kier alpha value is -2.82. The van der Waals surface area contributed by atoms with Gasteiger partial charge in [-0.2, -0.15) is 0 Å². The van der Waals surface area contributed by atoms with E-state index < -0.39 is 0 Å². The molecular formula is C19H21N3O2. The van der Waals surface area contributed by atoms with Gasteiger partial charge in [0.05, 0.1) is 19.2 Å². The summed E-state index contributed by atoms with van der Waals surface area (Å²) in [7, 11) is 1.62. The second-order valence-corrected chi connectivity index (χ2v) is 5.83. The highest BCUT2D eigenvalue weighted by Crippen LogP contribution is 2.28. The molecule has 124 valence electrons. The van der Waals surface area contributed by atoms with Crippen LogP contribution >= 0.6 is 0 Å². The van der Waals surface area contributed by atoms with E-state index in [0.29, 0.717) is 30.0 Å². The van der Waals surface area contributed by atoms with Crippen LogP contribution in [0.1, 0.15) is 31.2 Å². The Bertz CT molecular complexity index is 794. The standard InChI is InChI=1S/C19H21N3O2/c1-13(2)14-8-10-15(11-9-14)20-12-18-21-22-19(24-18)16-6-4-5-7-17(16)23-3/h4-11,13,20H,12H2,1-3H3. The molecule has 0 aliphatic rings. The van der Waals surface area contributed by atoms with Gasteiger partial charge in [-0.1, -0.05) is 38.1 Å². The molecule has 0 saturated carbocycles. The summed E-state index contributed by atoms with van der Waals surface area (Å²) in [6.07, 6.45) is 0. The molecular weight excluding hydrogens is 302 g/mol. The third kappa shape index (κ3) is 3.56. The number of ether oxygens (including phenoxy) is 1. The zero-order valence-corrected chi connectivity index (χ0v) is 14.1. The number of hydrogen-bond acceptors (Lipinski definition) is 5. The highest BCUT2D eigenvalue weighted by molar-refractivity contribution is 5.62. The maximum absolute atomic E-state index is 5.73. The fraction of sp³-hybridized carbons (Fsp3) is 0.263. The van der Waals surface area contributed by atoms with Gasteiger partial charge < -0.3 is 14.5 Å². The smallest absolute Gasteiger partial charge is 0.251 e. The first-order valence-corrected chi connectivity index (χ1v) is 7.97. The largest absolute Gasteiger partial charge is 0.496 e. The Balaban J connectivity index is 1.68. The lowest BCUT2D eigenvalue weighted by atomic mass is 10.0. The van der Waals surface area contributed by atoms with Crippen LogP contribution < -0.4 is 10.1 Å². The van der Waals surface area contributed by atoms with Crippen molar-refractivity contribution in [1.82, 2.24) is 10.2 Å². The number of hydrogen-bond donors (Lipinski definition) is 1. The predicted octanol–water partition coefficient (Wildman–Crippen LogP) is 4.48. The van der Waals surface area contributed by atoms with E-state index in [1.807, 2.05) is 24.3 Å². The molecule has 0 atom stereocenters. The number of methoxy groups -OCH3 is 1. The number of aromatic nitrogens is 2. The molecule has 1 N–H and O–H groups in total. The topological polar surface area (TPSA) is 60.2 Å². The maximum Gasteiger partial charge on any atom is 0.251 e. The van der Waals surface area contributed by atoms with E-state index in [9.17, 15) is 0 Å². The minimum atomic E-state index is 0.458. The molecule has 0 amide bonds. The Labute approximate surface area is 141 Å². The summed E-state index contributed by atoms with van der Waals surface area (Å²) in [6, 6.07) is 16.0. The van der Waals surface area contributed by atoms with Crippen molar-refractivity contribution < 1.29 is 9.15 Å². The highest BCUT2D eigenvalue weighted by Gasteiger charge is 2.12. The number of para-hydroxylation sites is 1. The molecule has 0 saturated heterocycles. The lowest BCUT2D eigenvalue weighted by Crippen LogP contribution is -2.00. The SMILES string of the molecule is COc1ccccc1-c1nnc(CNc2ccc(C(C)C)cc2)o1. The van der Waals surface area contributed by atoms with E-state index in [1.165, 1.54) is 5.56 Å². The summed E-state index contributed by atoms with van der Waals surface area (Å²) in [6.45, 7) is 4.84. The first-order chi connectivity index (χ1) is 11.7. The monoisotopic (exact) mass is 323 g/mol. The summed E-state index contributed by atoms with van der Waals surface area (Å²) in [5.41, 5.74) is 3.13. The Kier molecular flexibility index (Phi) is 4.79. The Morgan fingerprint density at radius 2 is 1.79 bits per heavy atom. The van der Waals surface area contributed by atoms with Crippen molar-refractivity contribution in [3.63, 3.8) is 0 Å². The Morgan fingerprint density at radius 3 is 2.50 bits per heavy atom. The molecule has 1 aromatic heterocycles. The molecule has 1 heterocycles. The molecule has 0 unspecified atom stereocenters. The number of nitrogens with zero attached hydrogens (tertiary/aromatic N) is 2. The molecule has 5 nitrogen and oxygen atoms in total. The zero-order valence-electron chi connectivity index (χ0n) is 14.1. The fourth-order valence-corrected chi connectivity index (χ4v) is 2.42. The summed E-state index contributed by atoms with van der Waals surface area (Å²) in [5.74, 6) is 2.23. The van der Waals surface area contributed by atoms with Crippen LogP contribution in [0.15, 0.2) is 52.9 Å². The van der Waals surface area contributed by atoms with Crippen molar-refractivity contribution in [2.24, 2.45) is 0 Å². The van der Waals surface area contributed by atoms with E-state index in [-0.39, 0.29) is 0 Å². The molecule has 3 aromatic rings. The quantitative estimate of drug-likeness (QED) is 0.724. The van der Waals surface area contributed by atoms with Gasteiger partial charge >= 0.3 is 0 Å². The number of nitrogens with one attached hydrogen (secondary N) is 1. The van der Waals surface area contributed by atoms with Crippen LogP contribution in [0.4, 0.5) is 5.69 Å². The average Bonchev–Trinajstić information content (AvgIpc) is 3.09. The summed E-state index contributed by atoms with van der Waals surface area (Å²) >= 11 is 0. The average molecular weight is 323 g/mol. The second kappa shape index (κ2) is 7.17. The van der Waals surface area contributed by atoms with Gasteiger partial charge in [0, 0.05) is 5.69 Å². The van der Waals surface area contributed by atoms with E-state index in [2.05, 4.69) is 53.6 Å². The molecule has 3 rings (SSSR count). The molecule has 2 aromatic carbocycles. The molecule has 0 aliphatic heterocycles. The van der Waals surface area contributed by atoms with E-state index in [4.69, 9.17) is 9.15 Å². The van der Waals surface area contributed by atoms with Crippen molar-refractivity contribution in [3.05, 3.63) is 60.0 Å². The zero-order chi connectivity index (χ0) is 16.9. The fourth-order valence-electron chi connectivity index (χ4n) is 2.42. The minimum absolute atomic E-state index is 0.458. The number of anilines is 1. The molecule has 0 aliphatic carbocycles. The summed E-state index contributed by atoms with van der Waals surface area (Å²) in [5, 5.41) is 11.5. The summed E-state index contributed by atoms with van der Waals surface area (Å²) in [4.78, 5) is 0. The number of rotatable bonds is 6. The molecule has 24 heavy (non-hydrogen) atoms. The van der Waals surface area contributed by atoms with Crippen molar-refractivity contribution >= 4 is 5.69 Å². The van der Waals surface area contributed by atoms with Crippen LogP contribution in [0.3, 0.4) is 0 Å². The van der Waals surface area contributed by atoms with Gasteiger partial charge in [0.2, 0.25) is 5.89 Å². The van der Waals surface area contributed by atoms with Crippen LogP contribution in [0.2, 0.25) is 0 Å². The van der Waals surface area contributed by atoms with Crippen LogP contribution in [-0.4, -0.2) is 17.3 Å². The third-order valence-corrected chi connectivity index (χ3v) is 3.83. The first kappa shape index (κ1) is 16.1. The Morgan fingerprint density at radius 1 is 1.04 bits per heavy atom. The van der Waals surface area contributed by atoms with Gasteiger partial charge in [0.25, 0.3) is 5.89 Å². The van der Waals surface area contributed by atoms with Crippen LogP contribution in [-0.2, 0) is 6.54 Å². The van der Waals surface area contributed by atoms with Crippen LogP contribution in [0, 0.1) is 0 Å². The van der Waals surface area contributed by atoms with Crippen molar-refractivity contribution in [3.8, 4) is 17.2 Å². The van der Waals surface area contributed by atoms with Gasteiger partial charge in [-0.15, -0.1) is 10.2 Å². The van der Waals surface area contributed by atoms with Crippen LogP contribution in [0.25, 0.3) is 11.5 Å². The molecule has 0 spiro atoms. The van der Waals surface area contributed by atoms with E-state index in [0.717, 1.165) is 11.3 Å². The van der Waals surface area contributed by atoms with Gasteiger partial charge in [-0.05, 0) is 35.7 Å². The molecule has 0 fully saturated rings. The van der Waals surface area contributed by atoms with E-state index in [1.54, 1.807) is 7.11 Å². The van der Waals surface area contributed by atoms with Gasteiger partial charge in [0.15, 0.2) is 0 Å². The number of benzene rings is 2.